The van der Waals surface area contributed by atoms with Gasteiger partial charge in [0.1, 0.15) is 11.5 Å². The Morgan fingerprint density at radius 3 is 2.71 bits per heavy atom. The van der Waals surface area contributed by atoms with E-state index in [4.69, 9.17) is 4.42 Å². The maximum Gasteiger partial charge on any atom is 0.281 e. The third-order valence-corrected chi connectivity index (χ3v) is 4.15. The van der Waals surface area contributed by atoms with E-state index in [1.54, 1.807) is 24.3 Å². The number of nitro benzene ring substituents is 1. The van der Waals surface area contributed by atoms with Gasteiger partial charge in [-0.1, -0.05) is 34.1 Å². The molecule has 0 saturated carbocycles. The van der Waals surface area contributed by atoms with Gasteiger partial charge in [-0.25, -0.2) is 5.43 Å². The van der Waals surface area contributed by atoms with Gasteiger partial charge in [-0.05, 0) is 36.4 Å². The van der Waals surface area contributed by atoms with Crippen LogP contribution in [-0.4, -0.2) is 23.6 Å². The van der Waals surface area contributed by atoms with Crippen LogP contribution < -0.4 is 10.7 Å². The molecule has 0 aliphatic rings. The fourth-order valence-corrected chi connectivity index (χ4v) is 2.73. The van der Waals surface area contributed by atoms with E-state index in [1.165, 1.54) is 12.3 Å². The van der Waals surface area contributed by atoms with Crippen molar-refractivity contribution in [2.24, 2.45) is 5.10 Å². The van der Waals surface area contributed by atoms with Gasteiger partial charge in [-0.2, -0.15) is 5.10 Å². The molecule has 3 rings (SSSR count). The lowest BCUT2D eigenvalue weighted by molar-refractivity contribution is -0.384. The van der Waals surface area contributed by atoms with Crippen molar-refractivity contribution in [3.8, 4) is 11.3 Å². The highest BCUT2D eigenvalue weighted by Crippen LogP contribution is 2.33. The van der Waals surface area contributed by atoms with Gasteiger partial charge in [-0.15, -0.1) is 0 Å². The Morgan fingerprint density at radius 2 is 1.96 bits per heavy atom. The highest BCUT2D eigenvalue weighted by atomic mass is 79.9. The molecule has 1 heterocycles. The third-order valence-electron chi connectivity index (χ3n) is 3.66. The molecule has 0 unspecified atom stereocenters. The molecule has 3 aromatic rings. The highest BCUT2D eigenvalue weighted by molar-refractivity contribution is 9.10. The van der Waals surface area contributed by atoms with Crippen LogP contribution in [0, 0.1) is 10.1 Å². The number of carbonyl (C=O) groups is 1. The van der Waals surface area contributed by atoms with Gasteiger partial charge in [0.25, 0.3) is 11.6 Å². The van der Waals surface area contributed by atoms with Crippen molar-refractivity contribution in [1.82, 2.24) is 5.43 Å². The summed E-state index contributed by atoms with van der Waals surface area (Å²) in [7, 11) is 0. The van der Waals surface area contributed by atoms with Crippen LogP contribution in [0.4, 0.5) is 11.4 Å². The van der Waals surface area contributed by atoms with E-state index in [0.29, 0.717) is 21.6 Å². The minimum atomic E-state index is -0.476. The largest absolute Gasteiger partial charge is 0.455 e. The molecular weight excluding hydrogens is 428 g/mol. The molecule has 28 heavy (non-hydrogen) atoms. The number of anilines is 1. The Labute approximate surface area is 168 Å². The van der Waals surface area contributed by atoms with Crippen molar-refractivity contribution < 1.29 is 14.1 Å². The number of amides is 1. The molecule has 9 heteroatoms. The van der Waals surface area contributed by atoms with Gasteiger partial charge in [0.2, 0.25) is 0 Å². The van der Waals surface area contributed by atoms with Gasteiger partial charge >= 0.3 is 0 Å². The van der Waals surface area contributed by atoms with Crippen LogP contribution in [-0.2, 0) is 4.79 Å². The van der Waals surface area contributed by atoms with Crippen molar-refractivity contribution in [3.63, 3.8) is 0 Å². The third kappa shape index (κ3) is 5.04. The van der Waals surface area contributed by atoms with E-state index in [-0.39, 0.29) is 18.1 Å². The number of nitro groups is 1. The summed E-state index contributed by atoms with van der Waals surface area (Å²) in [6, 6.07) is 17.2. The summed E-state index contributed by atoms with van der Waals surface area (Å²) in [4.78, 5) is 22.5. The Morgan fingerprint density at radius 1 is 1.18 bits per heavy atom. The minimum absolute atomic E-state index is 0.0653. The molecule has 0 radical (unpaired) electrons. The van der Waals surface area contributed by atoms with Crippen molar-refractivity contribution in [3.05, 3.63) is 81.0 Å². The second-order valence-electron chi connectivity index (χ2n) is 5.63. The lowest BCUT2D eigenvalue weighted by atomic mass is 10.1. The smallest absolute Gasteiger partial charge is 0.281 e. The number of benzene rings is 2. The van der Waals surface area contributed by atoms with Gasteiger partial charge < -0.3 is 9.73 Å². The predicted octanol–water partition coefficient (Wildman–Crippen LogP) is 4.18. The Kier molecular flexibility index (Phi) is 6.18. The van der Waals surface area contributed by atoms with Crippen molar-refractivity contribution in [1.29, 1.82) is 0 Å². The van der Waals surface area contributed by atoms with Gasteiger partial charge in [0, 0.05) is 16.2 Å². The maximum atomic E-state index is 11.8. The normalized spacial score (nSPS) is 10.8. The number of nitrogens with zero attached hydrogens (tertiary/aromatic N) is 2. The van der Waals surface area contributed by atoms with E-state index in [1.807, 2.05) is 30.3 Å². The molecule has 2 aromatic carbocycles. The van der Waals surface area contributed by atoms with Crippen LogP contribution in [0.1, 0.15) is 5.76 Å². The molecule has 0 spiro atoms. The van der Waals surface area contributed by atoms with Crippen LogP contribution >= 0.6 is 15.9 Å². The monoisotopic (exact) mass is 442 g/mol. The van der Waals surface area contributed by atoms with Crippen LogP contribution in [0.2, 0.25) is 0 Å². The average Bonchev–Trinajstić information content (AvgIpc) is 3.16. The fourth-order valence-electron chi connectivity index (χ4n) is 2.38. The molecule has 1 amide bonds. The van der Waals surface area contributed by atoms with Crippen LogP contribution in [0.25, 0.3) is 11.3 Å². The molecule has 8 nitrogen and oxygen atoms in total. The summed E-state index contributed by atoms with van der Waals surface area (Å²) in [5.41, 5.74) is 3.48. The minimum Gasteiger partial charge on any atom is -0.455 e. The number of hydrogen-bond donors (Lipinski definition) is 2. The molecule has 142 valence electrons. The summed E-state index contributed by atoms with van der Waals surface area (Å²) >= 11 is 3.22. The van der Waals surface area contributed by atoms with E-state index in [2.05, 4.69) is 31.8 Å². The lowest BCUT2D eigenvalue weighted by Crippen LogP contribution is -2.25. The highest BCUT2D eigenvalue weighted by Gasteiger charge is 2.18. The Bertz CT molecular complexity index is 1020. The number of hydrazone groups is 1. The maximum absolute atomic E-state index is 11.8. The topological polar surface area (TPSA) is 110 Å². The fraction of sp³-hybridized carbons (Fsp3) is 0.0526. The van der Waals surface area contributed by atoms with Crippen LogP contribution in [0.5, 0.6) is 0 Å². The van der Waals surface area contributed by atoms with Crippen molar-refractivity contribution >= 4 is 39.4 Å². The number of carbonyl (C=O) groups excluding carboxylic acids is 1. The number of hydrogen-bond acceptors (Lipinski definition) is 6. The molecular formula is C19H15BrN4O4. The zero-order chi connectivity index (χ0) is 19.9. The Balaban J connectivity index is 1.60. The van der Waals surface area contributed by atoms with Gasteiger partial charge in [0.15, 0.2) is 0 Å². The molecule has 0 aliphatic heterocycles. The predicted molar refractivity (Wildman–Crippen MR) is 109 cm³/mol. The van der Waals surface area contributed by atoms with Gasteiger partial charge in [0.05, 0.1) is 23.2 Å². The van der Waals surface area contributed by atoms with Gasteiger partial charge in [-0.3, -0.25) is 14.9 Å². The summed E-state index contributed by atoms with van der Waals surface area (Å²) in [5.74, 6) is 0.358. The van der Waals surface area contributed by atoms with E-state index < -0.39 is 4.92 Å². The molecule has 0 fully saturated rings. The first-order valence-corrected chi connectivity index (χ1v) is 8.97. The van der Waals surface area contributed by atoms with Crippen molar-refractivity contribution in [2.75, 3.05) is 11.9 Å². The Hall–Kier alpha value is -3.46. The standard InChI is InChI=1S/C19H15BrN4O4/c20-13-6-8-16(17(10-13)24(26)27)18-9-7-15(28-18)11-22-23-19(25)12-21-14-4-2-1-3-5-14/h1-11,21H,12H2,(H,23,25)/b22-11-. The zero-order valence-corrected chi connectivity index (χ0v) is 16.0. The second-order valence-corrected chi connectivity index (χ2v) is 6.55. The number of para-hydroxylation sites is 1. The van der Waals surface area contributed by atoms with Crippen LogP contribution in [0.3, 0.4) is 0 Å². The molecule has 0 atom stereocenters. The SMILES string of the molecule is O=C(CNc1ccccc1)N/N=C\c1ccc(-c2ccc(Br)cc2[N+](=O)[O-])o1. The molecule has 2 N–H and O–H groups in total. The number of rotatable bonds is 7. The first-order valence-electron chi connectivity index (χ1n) is 8.18. The molecule has 0 saturated heterocycles. The summed E-state index contributed by atoms with van der Waals surface area (Å²) in [6.45, 7) is 0.0653. The van der Waals surface area contributed by atoms with E-state index in [9.17, 15) is 14.9 Å². The summed E-state index contributed by atoms with van der Waals surface area (Å²) in [6.07, 6.45) is 1.33. The van der Waals surface area contributed by atoms with E-state index >= 15 is 0 Å². The molecule has 0 bridgehead atoms. The number of nitrogens with one attached hydrogen (secondary N) is 2. The second kappa shape index (κ2) is 8.96. The number of halogens is 1. The summed E-state index contributed by atoms with van der Waals surface area (Å²) < 4.78 is 6.18. The zero-order valence-electron chi connectivity index (χ0n) is 14.5. The van der Waals surface area contributed by atoms with E-state index in [0.717, 1.165) is 5.69 Å². The average molecular weight is 443 g/mol. The molecule has 1 aromatic heterocycles. The first-order chi connectivity index (χ1) is 13.5. The first kappa shape index (κ1) is 19.3. The molecule has 0 aliphatic carbocycles. The van der Waals surface area contributed by atoms with Crippen molar-refractivity contribution in [2.45, 2.75) is 0 Å². The summed E-state index contributed by atoms with van der Waals surface area (Å²) in [5, 5.41) is 18.0. The lowest BCUT2D eigenvalue weighted by Gasteiger charge is -2.04. The quantitative estimate of drug-likeness (QED) is 0.324. The van der Waals surface area contributed by atoms with Crippen LogP contribution in [0.15, 0.2) is 74.7 Å². The number of furan rings is 1.